The summed E-state index contributed by atoms with van der Waals surface area (Å²) in [5.41, 5.74) is 5.27. The van der Waals surface area contributed by atoms with Crippen molar-refractivity contribution in [3.8, 4) is 22.8 Å². The Hall–Kier alpha value is -2.69. The minimum absolute atomic E-state index is 0.114. The van der Waals surface area contributed by atoms with E-state index in [9.17, 15) is 0 Å². The summed E-state index contributed by atoms with van der Waals surface area (Å²) in [6, 6.07) is 10.3. The van der Waals surface area contributed by atoms with Crippen molar-refractivity contribution in [2.75, 3.05) is 19.5 Å². The molecule has 0 amide bonds. The number of benzene rings is 1. The van der Waals surface area contributed by atoms with Crippen LogP contribution in [0.3, 0.4) is 0 Å². The van der Waals surface area contributed by atoms with Gasteiger partial charge in [0, 0.05) is 16.8 Å². The number of rotatable bonds is 6. The molecule has 0 aliphatic rings. The zero-order valence-electron chi connectivity index (χ0n) is 19.8. The van der Waals surface area contributed by atoms with Gasteiger partial charge < -0.3 is 14.8 Å². The molecule has 162 valence electrons. The first-order chi connectivity index (χ1) is 13.9. The Morgan fingerprint density at radius 3 is 2.20 bits per heavy atom. The van der Waals surface area contributed by atoms with Crippen LogP contribution in [0.2, 0.25) is 0 Å². The number of hydrogen-bond acceptors (Lipinski definition) is 4. The van der Waals surface area contributed by atoms with Crippen molar-refractivity contribution in [2.24, 2.45) is 5.41 Å². The predicted octanol–water partition coefficient (Wildman–Crippen LogP) is 6.26. The summed E-state index contributed by atoms with van der Waals surface area (Å²) in [5, 5.41) is 3.82. The summed E-state index contributed by atoms with van der Waals surface area (Å²) in [4.78, 5) is 5.02. The van der Waals surface area contributed by atoms with E-state index in [0.29, 0.717) is 11.5 Å². The van der Waals surface area contributed by atoms with Crippen LogP contribution in [-0.4, -0.2) is 29.1 Å². The van der Waals surface area contributed by atoms with Crippen molar-refractivity contribution in [1.82, 2.24) is 9.38 Å². The van der Waals surface area contributed by atoms with Gasteiger partial charge in [-0.25, -0.2) is 4.98 Å². The fraction of sp³-hybridized carbons (Fsp3) is 0.480. The molecule has 30 heavy (non-hydrogen) atoms. The lowest BCUT2D eigenvalue weighted by Gasteiger charge is -2.34. The van der Waals surface area contributed by atoms with E-state index in [1.165, 1.54) is 5.56 Å². The lowest BCUT2D eigenvalue weighted by Crippen LogP contribution is -2.36. The summed E-state index contributed by atoms with van der Waals surface area (Å²) < 4.78 is 13.2. The van der Waals surface area contributed by atoms with Gasteiger partial charge in [0.05, 0.1) is 14.2 Å². The maximum absolute atomic E-state index is 5.54. The molecule has 0 aliphatic carbocycles. The van der Waals surface area contributed by atoms with Crippen LogP contribution in [0.15, 0.2) is 30.3 Å². The van der Waals surface area contributed by atoms with Gasteiger partial charge in [0.1, 0.15) is 17.2 Å². The number of ether oxygens (including phenoxy) is 2. The van der Waals surface area contributed by atoms with Crippen LogP contribution in [0.25, 0.3) is 16.9 Å². The average molecular weight is 410 g/mol. The van der Waals surface area contributed by atoms with E-state index >= 15 is 0 Å². The van der Waals surface area contributed by atoms with Gasteiger partial charge in [-0.05, 0) is 75.4 Å². The Morgan fingerprint density at radius 2 is 1.60 bits per heavy atom. The lowest BCUT2D eigenvalue weighted by atomic mass is 9.82. The molecular weight excluding hydrogens is 374 g/mol. The number of hydrogen-bond donors (Lipinski definition) is 1. The molecule has 2 heterocycles. The van der Waals surface area contributed by atoms with Crippen LogP contribution < -0.4 is 14.8 Å². The highest BCUT2D eigenvalue weighted by molar-refractivity contribution is 5.79. The molecule has 1 N–H and O–H groups in total. The zero-order chi connectivity index (χ0) is 22.3. The number of aryl methyl sites for hydroxylation is 2. The summed E-state index contributed by atoms with van der Waals surface area (Å²) in [6.07, 6.45) is 1.02. The van der Waals surface area contributed by atoms with Crippen molar-refractivity contribution < 1.29 is 9.47 Å². The van der Waals surface area contributed by atoms with Gasteiger partial charge in [-0.1, -0.05) is 20.8 Å². The summed E-state index contributed by atoms with van der Waals surface area (Å²) >= 11 is 0. The van der Waals surface area contributed by atoms with Crippen LogP contribution in [0.5, 0.6) is 11.5 Å². The number of anilines is 1. The minimum Gasteiger partial charge on any atom is -0.493 e. The van der Waals surface area contributed by atoms with Gasteiger partial charge in [-0.2, -0.15) is 0 Å². The lowest BCUT2D eigenvalue weighted by molar-refractivity contribution is 0.302. The SMILES string of the molecule is COc1ccc(-c2nc3cc(C)cc(C)n3c2NC(C)(C)CC(C)(C)C)cc1OC. The van der Waals surface area contributed by atoms with Crippen LogP contribution in [0.4, 0.5) is 5.82 Å². The molecule has 0 spiro atoms. The molecule has 0 fully saturated rings. The number of nitrogens with zero attached hydrogens (tertiary/aromatic N) is 2. The Bertz CT molecular complexity index is 1060. The number of aromatic nitrogens is 2. The standard InChI is InChI=1S/C25H35N3O2/c1-16-12-17(2)28-21(13-16)26-22(18-10-11-19(29-8)20(14-18)30-9)23(28)27-25(6,7)15-24(3,4)5/h10-14,27H,15H2,1-9H3. The van der Waals surface area contributed by atoms with Crippen molar-refractivity contribution in [3.63, 3.8) is 0 Å². The summed E-state index contributed by atoms with van der Waals surface area (Å²) in [5.74, 6) is 2.41. The van der Waals surface area contributed by atoms with Gasteiger partial charge in [-0.3, -0.25) is 4.40 Å². The molecule has 0 aliphatic heterocycles. The van der Waals surface area contributed by atoms with Crippen LogP contribution in [0.1, 0.15) is 52.3 Å². The molecule has 3 aromatic rings. The maximum Gasteiger partial charge on any atom is 0.161 e. The van der Waals surface area contributed by atoms with E-state index in [1.54, 1.807) is 14.2 Å². The highest BCUT2D eigenvalue weighted by atomic mass is 16.5. The topological polar surface area (TPSA) is 47.8 Å². The molecule has 0 radical (unpaired) electrons. The minimum atomic E-state index is -0.114. The normalized spacial score (nSPS) is 12.3. The summed E-state index contributed by atoms with van der Waals surface area (Å²) in [6.45, 7) is 15.5. The van der Waals surface area contributed by atoms with Gasteiger partial charge in [0.15, 0.2) is 11.5 Å². The molecule has 0 atom stereocenters. The van der Waals surface area contributed by atoms with E-state index in [0.717, 1.165) is 34.8 Å². The monoisotopic (exact) mass is 409 g/mol. The molecule has 0 bridgehead atoms. The average Bonchev–Trinajstić information content (AvgIpc) is 2.96. The van der Waals surface area contributed by atoms with Crippen molar-refractivity contribution >= 4 is 11.5 Å². The van der Waals surface area contributed by atoms with Gasteiger partial charge in [0.25, 0.3) is 0 Å². The zero-order valence-corrected chi connectivity index (χ0v) is 19.8. The molecule has 5 nitrogen and oxygen atoms in total. The third-order valence-electron chi connectivity index (χ3n) is 5.14. The number of imidazole rings is 1. The Kier molecular flexibility index (Phi) is 5.76. The van der Waals surface area contributed by atoms with Gasteiger partial charge >= 0.3 is 0 Å². The summed E-state index contributed by atoms with van der Waals surface area (Å²) in [7, 11) is 3.31. The molecule has 0 saturated heterocycles. The van der Waals surface area contributed by atoms with Crippen LogP contribution in [-0.2, 0) is 0 Å². The van der Waals surface area contributed by atoms with Gasteiger partial charge in [0.2, 0.25) is 0 Å². The van der Waals surface area contributed by atoms with Gasteiger partial charge in [-0.15, -0.1) is 0 Å². The number of fused-ring (bicyclic) bond motifs is 1. The number of methoxy groups -OCH3 is 2. The first-order valence-electron chi connectivity index (χ1n) is 10.4. The molecule has 1 aromatic carbocycles. The first-order valence-corrected chi connectivity index (χ1v) is 10.4. The third-order valence-corrected chi connectivity index (χ3v) is 5.14. The highest BCUT2D eigenvalue weighted by Crippen LogP contribution is 2.38. The third kappa shape index (κ3) is 4.55. The van der Waals surface area contributed by atoms with E-state index in [2.05, 4.69) is 70.3 Å². The quantitative estimate of drug-likeness (QED) is 0.522. The Morgan fingerprint density at radius 1 is 0.933 bits per heavy atom. The number of pyridine rings is 1. The van der Waals surface area contributed by atoms with E-state index < -0.39 is 0 Å². The fourth-order valence-electron chi connectivity index (χ4n) is 4.52. The van der Waals surface area contributed by atoms with E-state index in [4.69, 9.17) is 14.5 Å². The van der Waals surface area contributed by atoms with Crippen LogP contribution >= 0.6 is 0 Å². The Balaban J connectivity index is 2.22. The Labute approximate surface area is 180 Å². The van der Waals surface area contributed by atoms with Crippen molar-refractivity contribution in [2.45, 2.75) is 60.4 Å². The number of nitrogens with one attached hydrogen (secondary N) is 1. The van der Waals surface area contributed by atoms with Crippen molar-refractivity contribution in [1.29, 1.82) is 0 Å². The molecule has 0 saturated carbocycles. The second-order valence-corrected chi connectivity index (χ2v) is 9.99. The first kappa shape index (κ1) is 22.0. The predicted molar refractivity (Wildman–Crippen MR) is 125 cm³/mol. The smallest absolute Gasteiger partial charge is 0.161 e. The molecule has 5 heteroatoms. The molecule has 0 unspecified atom stereocenters. The van der Waals surface area contributed by atoms with E-state index in [-0.39, 0.29) is 11.0 Å². The fourth-order valence-corrected chi connectivity index (χ4v) is 4.52. The highest BCUT2D eigenvalue weighted by Gasteiger charge is 2.28. The largest absolute Gasteiger partial charge is 0.493 e. The molecule has 2 aromatic heterocycles. The second kappa shape index (κ2) is 7.86. The molecular formula is C25H35N3O2. The van der Waals surface area contributed by atoms with Crippen LogP contribution in [0, 0.1) is 19.3 Å². The maximum atomic E-state index is 5.54. The van der Waals surface area contributed by atoms with E-state index in [1.807, 2.05) is 18.2 Å². The van der Waals surface area contributed by atoms with Crippen molar-refractivity contribution in [3.05, 3.63) is 41.6 Å². The molecule has 3 rings (SSSR count). The second-order valence-electron chi connectivity index (χ2n) is 9.99.